The molecular formula is C23H25NO3. The molecule has 1 aliphatic heterocycles. The van der Waals surface area contributed by atoms with E-state index in [1.165, 1.54) is 0 Å². The molecule has 0 N–H and O–H groups in total. The molecule has 0 bridgehead atoms. The largest absolute Gasteiger partial charge is 0.426 e. The Morgan fingerprint density at radius 3 is 2.22 bits per heavy atom. The van der Waals surface area contributed by atoms with Crippen LogP contribution in [0, 0.1) is 19.8 Å². The number of likely N-dealkylation sites (tertiary alicyclic amines) is 1. The average Bonchev–Trinajstić information content (AvgIpc) is 2.70. The first kappa shape index (κ1) is 18.9. The maximum absolute atomic E-state index is 12.5. The summed E-state index contributed by atoms with van der Waals surface area (Å²) in [6.45, 7) is 5.03. The number of carbonyl (C=O) groups is 2. The van der Waals surface area contributed by atoms with Crippen LogP contribution in [-0.4, -0.2) is 29.9 Å². The van der Waals surface area contributed by atoms with Crippen molar-refractivity contribution in [2.45, 2.75) is 26.7 Å². The maximum Gasteiger partial charge on any atom is 0.314 e. The molecule has 27 heavy (non-hydrogen) atoms. The van der Waals surface area contributed by atoms with Crippen LogP contribution in [0.2, 0.25) is 0 Å². The number of hydrogen-bond acceptors (Lipinski definition) is 3. The van der Waals surface area contributed by atoms with E-state index < -0.39 is 0 Å². The van der Waals surface area contributed by atoms with Crippen molar-refractivity contribution >= 4 is 18.0 Å². The standard InChI is InChI=1S/C23H25NO3/c1-17-7-6-8-18(2)22(17)27-23(26)20-13-15-24(16-14-20)21(25)12-11-19-9-4-3-5-10-19/h3-12,20H,13-16H2,1-2H3/b12-11+. The van der Waals surface area contributed by atoms with Gasteiger partial charge in [0.1, 0.15) is 5.75 Å². The topological polar surface area (TPSA) is 46.6 Å². The number of para-hydroxylation sites is 1. The van der Waals surface area contributed by atoms with Gasteiger partial charge < -0.3 is 9.64 Å². The SMILES string of the molecule is Cc1cccc(C)c1OC(=O)C1CCN(C(=O)/C=C/c2ccccc2)CC1. The fraction of sp³-hybridized carbons (Fsp3) is 0.304. The normalized spacial score (nSPS) is 15.1. The van der Waals surface area contributed by atoms with Crippen LogP contribution in [0.25, 0.3) is 6.08 Å². The summed E-state index contributed by atoms with van der Waals surface area (Å²) < 4.78 is 5.66. The fourth-order valence-electron chi connectivity index (χ4n) is 3.32. The fourth-order valence-corrected chi connectivity index (χ4v) is 3.32. The minimum atomic E-state index is -0.195. The highest BCUT2D eigenvalue weighted by Crippen LogP contribution is 2.26. The Labute approximate surface area is 160 Å². The molecular weight excluding hydrogens is 338 g/mol. The quantitative estimate of drug-likeness (QED) is 0.465. The van der Waals surface area contributed by atoms with E-state index in [1.54, 1.807) is 11.0 Å². The predicted molar refractivity (Wildman–Crippen MR) is 106 cm³/mol. The number of benzene rings is 2. The zero-order chi connectivity index (χ0) is 19.2. The van der Waals surface area contributed by atoms with Crippen molar-refractivity contribution < 1.29 is 14.3 Å². The zero-order valence-electron chi connectivity index (χ0n) is 15.9. The van der Waals surface area contributed by atoms with Crippen molar-refractivity contribution in [1.29, 1.82) is 0 Å². The highest BCUT2D eigenvalue weighted by atomic mass is 16.5. The molecule has 1 saturated heterocycles. The molecule has 0 aromatic heterocycles. The van der Waals surface area contributed by atoms with Gasteiger partial charge in [-0.2, -0.15) is 0 Å². The highest BCUT2D eigenvalue weighted by molar-refractivity contribution is 5.92. The molecule has 3 rings (SSSR count). The third kappa shape index (κ3) is 4.85. The summed E-state index contributed by atoms with van der Waals surface area (Å²) in [6, 6.07) is 15.6. The van der Waals surface area contributed by atoms with Crippen LogP contribution in [0.1, 0.15) is 29.5 Å². The van der Waals surface area contributed by atoms with E-state index in [-0.39, 0.29) is 17.8 Å². The van der Waals surface area contributed by atoms with Crippen LogP contribution in [-0.2, 0) is 9.59 Å². The van der Waals surface area contributed by atoms with E-state index in [0.29, 0.717) is 31.7 Å². The summed E-state index contributed by atoms with van der Waals surface area (Å²) in [4.78, 5) is 26.7. The molecule has 4 heteroatoms. The van der Waals surface area contributed by atoms with Gasteiger partial charge in [0.2, 0.25) is 5.91 Å². The molecule has 1 amide bonds. The Bertz CT molecular complexity index is 814. The van der Waals surface area contributed by atoms with Crippen molar-refractivity contribution in [3.63, 3.8) is 0 Å². The van der Waals surface area contributed by atoms with Crippen molar-refractivity contribution in [2.75, 3.05) is 13.1 Å². The van der Waals surface area contributed by atoms with Gasteiger partial charge in [0, 0.05) is 19.2 Å². The van der Waals surface area contributed by atoms with Gasteiger partial charge in [0.15, 0.2) is 0 Å². The minimum Gasteiger partial charge on any atom is -0.426 e. The molecule has 2 aromatic rings. The number of carbonyl (C=O) groups excluding carboxylic acids is 2. The number of esters is 1. The summed E-state index contributed by atoms with van der Waals surface area (Å²) in [5.74, 6) is 0.290. The lowest BCUT2D eigenvalue weighted by molar-refractivity contribution is -0.142. The Morgan fingerprint density at radius 1 is 0.963 bits per heavy atom. The van der Waals surface area contributed by atoms with Gasteiger partial charge in [-0.1, -0.05) is 48.5 Å². The smallest absolute Gasteiger partial charge is 0.314 e. The highest BCUT2D eigenvalue weighted by Gasteiger charge is 2.28. The molecule has 0 radical (unpaired) electrons. The maximum atomic E-state index is 12.5. The van der Waals surface area contributed by atoms with Gasteiger partial charge in [-0.05, 0) is 49.5 Å². The average molecular weight is 363 g/mol. The van der Waals surface area contributed by atoms with Crippen molar-refractivity contribution in [3.05, 3.63) is 71.3 Å². The molecule has 0 saturated carbocycles. The van der Waals surface area contributed by atoms with E-state index in [2.05, 4.69) is 0 Å². The molecule has 140 valence electrons. The minimum absolute atomic E-state index is 0.0135. The van der Waals surface area contributed by atoms with Crippen LogP contribution < -0.4 is 4.74 Å². The van der Waals surface area contributed by atoms with Gasteiger partial charge >= 0.3 is 5.97 Å². The van der Waals surface area contributed by atoms with Crippen LogP contribution in [0.15, 0.2) is 54.6 Å². The van der Waals surface area contributed by atoms with Crippen LogP contribution >= 0.6 is 0 Å². The van der Waals surface area contributed by atoms with Crippen molar-refractivity contribution in [2.24, 2.45) is 5.92 Å². The third-order valence-electron chi connectivity index (χ3n) is 4.97. The van der Waals surface area contributed by atoms with Gasteiger partial charge in [0.05, 0.1) is 5.92 Å². The number of ether oxygens (including phenoxy) is 1. The first-order chi connectivity index (χ1) is 13.0. The van der Waals surface area contributed by atoms with Crippen molar-refractivity contribution in [3.8, 4) is 5.75 Å². The first-order valence-electron chi connectivity index (χ1n) is 9.34. The van der Waals surface area contributed by atoms with E-state index in [4.69, 9.17) is 4.74 Å². The van der Waals surface area contributed by atoms with Crippen LogP contribution in [0.3, 0.4) is 0 Å². The van der Waals surface area contributed by atoms with Crippen LogP contribution in [0.4, 0.5) is 0 Å². The molecule has 1 aliphatic rings. The second kappa shape index (κ2) is 8.67. The molecule has 1 fully saturated rings. The molecule has 2 aromatic carbocycles. The Morgan fingerprint density at radius 2 is 1.59 bits per heavy atom. The molecule has 0 spiro atoms. The lowest BCUT2D eigenvalue weighted by Crippen LogP contribution is -2.40. The van der Waals surface area contributed by atoms with E-state index in [0.717, 1.165) is 16.7 Å². The van der Waals surface area contributed by atoms with E-state index in [9.17, 15) is 9.59 Å². The second-order valence-corrected chi connectivity index (χ2v) is 6.99. The Balaban J connectivity index is 1.53. The monoisotopic (exact) mass is 363 g/mol. The third-order valence-corrected chi connectivity index (χ3v) is 4.97. The van der Waals surface area contributed by atoms with E-state index >= 15 is 0 Å². The zero-order valence-corrected chi connectivity index (χ0v) is 15.9. The molecule has 1 heterocycles. The number of nitrogens with zero attached hydrogens (tertiary/aromatic N) is 1. The Kier molecular flexibility index (Phi) is 6.07. The lowest BCUT2D eigenvalue weighted by atomic mass is 9.97. The second-order valence-electron chi connectivity index (χ2n) is 6.99. The number of rotatable bonds is 4. The molecule has 0 aliphatic carbocycles. The van der Waals surface area contributed by atoms with Gasteiger partial charge in [-0.25, -0.2) is 0 Å². The molecule has 0 atom stereocenters. The van der Waals surface area contributed by atoms with Crippen molar-refractivity contribution in [1.82, 2.24) is 4.90 Å². The Hall–Kier alpha value is -2.88. The summed E-state index contributed by atoms with van der Waals surface area (Å²) in [7, 11) is 0. The number of amides is 1. The summed E-state index contributed by atoms with van der Waals surface area (Å²) >= 11 is 0. The molecule has 0 unspecified atom stereocenters. The summed E-state index contributed by atoms with van der Waals surface area (Å²) in [5.41, 5.74) is 2.92. The number of aryl methyl sites for hydroxylation is 2. The predicted octanol–water partition coefficient (Wildman–Crippen LogP) is 4.16. The lowest BCUT2D eigenvalue weighted by Gasteiger charge is -2.30. The van der Waals surface area contributed by atoms with Crippen LogP contribution in [0.5, 0.6) is 5.75 Å². The number of piperidine rings is 1. The van der Waals surface area contributed by atoms with Gasteiger partial charge in [0.25, 0.3) is 0 Å². The number of hydrogen-bond donors (Lipinski definition) is 0. The molecule has 4 nitrogen and oxygen atoms in total. The van der Waals surface area contributed by atoms with Gasteiger partial charge in [-0.3, -0.25) is 9.59 Å². The summed E-state index contributed by atoms with van der Waals surface area (Å²) in [5, 5.41) is 0. The summed E-state index contributed by atoms with van der Waals surface area (Å²) in [6.07, 6.45) is 4.69. The van der Waals surface area contributed by atoms with Gasteiger partial charge in [-0.15, -0.1) is 0 Å². The van der Waals surface area contributed by atoms with E-state index in [1.807, 2.05) is 68.5 Å². The first-order valence-corrected chi connectivity index (χ1v) is 9.34.